The van der Waals surface area contributed by atoms with E-state index in [-0.39, 0.29) is 16.4 Å². The van der Waals surface area contributed by atoms with E-state index in [9.17, 15) is 18.0 Å². The van der Waals surface area contributed by atoms with Gasteiger partial charge in [0.1, 0.15) is 0 Å². The first kappa shape index (κ1) is 26.8. The molecule has 0 aliphatic carbocycles. The maximum Gasteiger partial charge on any atom is 0.254 e. The van der Waals surface area contributed by atoms with Gasteiger partial charge in [-0.05, 0) is 54.8 Å². The Hall–Kier alpha value is -3.78. The Morgan fingerprint density at radius 3 is 2.23 bits per heavy atom. The van der Waals surface area contributed by atoms with E-state index in [1.165, 1.54) is 4.31 Å². The van der Waals surface area contributed by atoms with Gasteiger partial charge in [0.05, 0.1) is 39.4 Å². The summed E-state index contributed by atoms with van der Waals surface area (Å²) in [4.78, 5) is 32.6. The van der Waals surface area contributed by atoms with Crippen LogP contribution in [0.4, 0.5) is 5.69 Å². The van der Waals surface area contributed by atoms with Crippen LogP contribution in [-0.4, -0.2) is 61.2 Å². The van der Waals surface area contributed by atoms with Gasteiger partial charge in [0.15, 0.2) is 0 Å². The van der Waals surface area contributed by atoms with Gasteiger partial charge in [0.2, 0.25) is 15.9 Å². The van der Waals surface area contributed by atoms with Gasteiger partial charge in [-0.15, -0.1) is 0 Å². The van der Waals surface area contributed by atoms with Gasteiger partial charge in [-0.1, -0.05) is 31.2 Å². The van der Waals surface area contributed by atoms with Crippen LogP contribution in [0.15, 0.2) is 64.3 Å². The van der Waals surface area contributed by atoms with Gasteiger partial charge in [-0.3, -0.25) is 14.5 Å². The number of likely N-dealkylation sites (N-methyl/N-ethyl adjacent to an activating group) is 1. The van der Waals surface area contributed by atoms with Crippen molar-refractivity contribution in [2.45, 2.75) is 37.6 Å². The molecule has 1 fully saturated rings. The van der Waals surface area contributed by atoms with Crippen molar-refractivity contribution in [1.29, 1.82) is 5.26 Å². The number of aromatic amines is 1. The summed E-state index contributed by atoms with van der Waals surface area (Å²) in [5, 5.41) is 8.96. The van der Waals surface area contributed by atoms with Crippen molar-refractivity contribution < 1.29 is 13.2 Å². The lowest BCUT2D eigenvalue weighted by Gasteiger charge is -2.34. The minimum atomic E-state index is -3.67. The summed E-state index contributed by atoms with van der Waals surface area (Å²) in [5.74, 6) is -0.495. The highest BCUT2D eigenvalue weighted by molar-refractivity contribution is 7.89. The van der Waals surface area contributed by atoms with E-state index in [1.807, 2.05) is 32.0 Å². The molecule has 5 rings (SSSR count). The molecule has 2 aliphatic rings. The number of aromatic nitrogens is 1. The highest BCUT2D eigenvalue weighted by Crippen LogP contribution is 2.38. The number of rotatable bonds is 7. The van der Waals surface area contributed by atoms with Gasteiger partial charge < -0.3 is 9.88 Å². The molecule has 3 heterocycles. The van der Waals surface area contributed by atoms with Gasteiger partial charge >= 0.3 is 0 Å². The fraction of sp³-hybridized carbons (Fsp3) is 0.345. The Labute approximate surface area is 228 Å². The number of hydrogen-bond donors (Lipinski definition) is 1. The normalized spacial score (nSPS) is 18.2. The molecule has 1 N–H and O–H groups in total. The summed E-state index contributed by atoms with van der Waals surface area (Å²) in [6.07, 6.45) is 0.557. The number of benzene rings is 2. The number of nitrogens with one attached hydrogen (secondary N) is 1. The zero-order valence-electron chi connectivity index (χ0n) is 22.1. The smallest absolute Gasteiger partial charge is 0.254 e. The molecule has 0 radical (unpaired) electrons. The van der Waals surface area contributed by atoms with E-state index in [1.54, 1.807) is 41.3 Å². The van der Waals surface area contributed by atoms with Gasteiger partial charge in [0, 0.05) is 39.3 Å². The number of H-pyrrole nitrogens is 1. The third kappa shape index (κ3) is 5.01. The predicted molar refractivity (Wildman–Crippen MR) is 149 cm³/mol. The summed E-state index contributed by atoms with van der Waals surface area (Å²) in [6.45, 7) is 6.95. The molecule has 2 aliphatic heterocycles. The number of sulfonamides is 1. The molecule has 1 unspecified atom stereocenters. The molecule has 1 atom stereocenters. The van der Waals surface area contributed by atoms with Crippen molar-refractivity contribution in [2.24, 2.45) is 0 Å². The molecule has 0 spiro atoms. The Morgan fingerprint density at radius 2 is 1.64 bits per heavy atom. The molecule has 1 amide bonds. The van der Waals surface area contributed by atoms with E-state index < -0.39 is 15.9 Å². The minimum Gasteiger partial charge on any atom is -0.322 e. The molecule has 9 nitrogen and oxygen atoms in total. The molecule has 0 bridgehead atoms. The Morgan fingerprint density at radius 1 is 0.974 bits per heavy atom. The molecule has 0 saturated carbocycles. The van der Waals surface area contributed by atoms with Crippen molar-refractivity contribution in [3.8, 4) is 17.3 Å². The zero-order valence-corrected chi connectivity index (χ0v) is 22.9. The van der Waals surface area contributed by atoms with Gasteiger partial charge in [0.25, 0.3) is 5.56 Å². The van der Waals surface area contributed by atoms with Crippen LogP contribution in [0.2, 0.25) is 0 Å². The third-order valence-electron chi connectivity index (χ3n) is 7.60. The van der Waals surface area contributed by atoms with E-state index >= 15 is 0 Å². The lowest BCUT2D eigenvalue weighted by Crippen LogP contribution is -2.48. The van der Waals surface area contributed by atoms with Gasteiger partial charge in [-0.2, -0.15) is 9.57 Å². The maximum absolute atomic E-state index is 13.3. The number of nitrogens with zero attached hydrogens (tertiary/aromatic N) is 4. The molecule has 2 aromatic carbocycles. The fourth-order valence-corrected chi connectivity index (χ4v) is 6.86. The minimum absolute atomic E-state index is 0.0592. The number of piperazine rings is 1. The number of hydrogen-bond acceptors (Lipinski definition) is 6. The Kier molecular flexibility index (Phi) is 7.40. The number of carbonyl (C=O) groups is 1. The summed E-state index contributed by atoms with van der Waals surface area (Å²) >= 11 is 0. The molecule has 202 valence electrons. The monoisotopic (exact) mass is 545 g/mol. The highest BCUT2D eigenvalue weighted by atomic mass is 32.2. The first-order valence-electron chi connectivity index (χ1n) is 13.2. The lowest BCUT2D eigenvalue weighted by atomic mass is 9.99. The zero-order chi connectivity index (χ0) is 27.7. The number of fused-ring (bicyclic) bond motifs is 1. The molecule has 10 heteroatoms. The Bertz CT molecular complexity index is 1580. The van der Waals surface area contributed by atoms with Crippen LogP contribution in [0.3, 0.4) is 0 Å². The SMILES string of the molecule is CCC1C(=O)N(CC)c2cc(-c3ccc(S(=O)(=O)N4CCN(Cc5ccc(C#N)cc5)CC4)cc3)[nH]c(=O)c21. The summed E-state index contributed by atoms with van der Waals surface area (Å²) in [5.41, 5.74) is 3.77. The van der Waals surface area contributed by atoms with Crippen LogP contribution < -0.4 is 10.5 Å². The second-order valence-electron chi connectivity index (χ2n) is 9.87. The fourth-order valence-electron chi connectivity index (χ4n) is 5.43. The van der Waals surface area contributed by atoms with Crippen molar-refractivity contribution in [3.63, 3.8) is 0 Å². The number of anilines is 1. The molecule has 39 heavy (non-hydrogen) atoms. The first-order valence-corrected chi connectivity index (χ1v) is 14.6. The number of nitriles is 1. The maximum atomic E-state index is 13.3. The van der Waals surface area contributed by atoms with E-state index in [0.717, 1.165) is 5.56 Å². The quantitative estimate of drug-likeness (QED) is 0.487. The lowest BCUT2D eigenvalue weighted by molar-refractivity contribution is -0.119. The highest BCUT2D eigenvalue weighted by Gasteiger charge is 2.38. The van der Waals surface area contributed by atoms with Gasteiger partial charge in [-0.25, -0.2) is 8.42 Å². The molecule has 1 aromatic heterocycles. The van der Waals surface area contributed by atoms with Crippen molar-refractivity contribution >= 4 is 21.6 Å². The summed E-state index contributed by atoms with van der Waals surface area (Å²) in [6, 6.07) is 17.9. The largest absolute Gasteiger partial charge is 0.322 e. The second-order valence-corrected chi connectivity index (χ2v) is 11.8. The standard InChI is InChI=1S/C29H31N5O4S/c1-3-24-27-26(34(4-2)29(24)36)17-25(31-28(27)35)22-9-11-23(12-10-22)39(37,38)33-15-13-32(14-16-33)19-21-7-5-20(18-30)6-8-21/h5-12,17,24H,3-4,13-16,19H2,1-2H3,(H,31,35). The second kappa shape index (κ2) is 10.8. The Balaban J connectivity index is 1.29. The van der Waals surface area contributed by atoms with E-state index in [2.05, 4.69) is 16.0 Å². The molecule has 3 aromatic rings. The molecule has 1 saturated heterocycles. The molecular weight excluding hydrogens is 514 g/mol. The van der Waals surface area contributed by atoms with Crippen LogP contribution >= 0.6 is 0 Å². The first-order chi connectivity index (χ1) is 18.8. The number of carbonyl (C=O) groups excluding carboxylic acids is 1. The average Bonchev–Trinajstić information content (AvgIpc) is 3.24. The van der Waals surface area contributed by atoms with Crippen molar-refractivity contribution in [3.05, 3.63) is 81.6 Å². The average molecular weight is 546 g/mol. The van der Waals surface area contributed by atoms with Crippen molar-refractivity contribution in [1.82, 2.24) is 14.2 Å². The predicted octanol–water partition coefficient (Wildman–Crippen LogP) is 3.28. The van der Waals surface area contributed by atoms with Crippen LogP contribution in [0.1, 0.15) is 42.9 Å². The topological polar surface area (TPSA) is 118 Å². The summed E-state index contributed by atoms with van der Waals surface area (Å²) in [7, 11) is -3.67. The molecular formula is C29H31N5O4S. The van der Waals surface area contributed by atoms with Crippen LogP contribution in [0.25, 0.3) is 11.3 Å². The van der Waals surface area contributed by atoms with E-state index in [4.69, 9.17) is 5.26 Å². The number of amides is 1. The van der Waals surface area contributed by atoms with Crippen molar-refractivity contribution in [2.75, 3.05) is 37.6 Å². The third-order valence-corrected chi connectivity index (χ3v) is 9.51. The summed E-state index contributed by atoms with van der Waals surface area (Å²) < 4.78 is 28.2. The van der Waals surface area contributed by atoms with Crippen LogP contribution in [-0.2, 0) is 21.4 Å². The number of pyridine rings is 1. The van der Waals surface area contributed by atoms with Crippen LogP contribution in [0, 0.1) is 11.3 Å². The van der Waals surface area contributed by atoms with E-state index in [0.29, 0.717) is 73.8 Å². The van der Waals surface area contributed by atoms with Crippen LogP contribution in [0.5, 0.6) is 0 Å².